The fourth-order valence-corrected chi connectivity index (χ4v) is 4.07. The van der Waals surface area contributed by atoms with Crippen LogP contribution in [0.4, 0.5) is 0 Å². The second kappa shape index (κ2) is 4.70. The van der Waals surface area contributed by atoms with E-state index in [1.807, 2.05) is 0 Å². The standard InChI is InChI=1S/C16H30/c1-12(16(2,3)4)14-10-9-13-7-5-6-8-15(13)11-14/h12-15H,5-11H2,1-4H3. The van der Waals surface area contributed by atoms with Crippen molar-refractivity contribution in [2.24, 2.45) is 29.1 Å². The van der Waals surface area contributed by atoms with Crippen molar-refractivity contribution in [1.29, 1.82) is 0 Å². The molecular weight excluding hydrogens is 192 g/mol. The highest BCUT2D eigenvalue weighted by atomic mass is 14.4. The second-order valence-corrected chi connectivity index (χ2v) is 7.53. The summed E-state index contributed by atoms with van der Waals surface area (Å²) in [7, 11) is 0. The maximum atomic E-state index is 2.49. The summed E-state index contributed by atoms with van der Waals surface area (Å²) in [6.07, 6.45) is 10.7. The first-order chi connectivity index (χ1) is 7.48. The number of fused-ring (bicyclic) bond motifs is 1. The maximum absolute atomic E-state index is 2.49. The SMILES string of the molecule is CC(C1CCC2CCCCC2C1)C(C)(C)C. The summed E-state index contributed by atoms with van der Waals surface area (Å²) < 4.78 is 0. The van der Waals surface area contributed by atoms with Crippen molar-refractivity contribution >= 4 is 0 Å². The molecule has 0 radical (unpaired) electrons. The summed E-state index contributed by atoms with van der Waals surface area (Å²) >= 11 is 0. The van der Waals surface area contributed by atoms with Crippen LogP contribution in [0.1, 0.15) is 72.6 Å². The molecule has 16 heavy (non-hydrogen) atoms. The van der Waals surface area contributed by atoms with E-state index in [0.717, 1.165) is 23.7 Å². The van der Waals surface area contributed by atoms with Crippen LogP contribution < -0.4 is 0 Å². The molecule has 0 heteroatoms. The molecule has 0 bridgehead atoms. The van der Waals surface area contributed by atoms with Crippen LogP contribution in [0.3, 0.4) is 0 Å². The highest BCUT2D eigenvalue weighted by Crippen LogP contribution is 2.47. The van der Waals surface area contributed by atoms with Crippen molar-refractivity contribution in [3.05, 3.63) is 0 Å². The Bertz CT molecular complexity index is 223. The minimum absolute atomic E-state index is 0.506. The molecule has 94 valence electrons. The lowest BCUT2D eigenvalue weighted by molar-refractivity contribution is 0.0644. The third-order valence-corrected chi connectivity index (χ3v) is 5.65. The van der Waals surface area contributed by atoms with Gasteiger partial charge in [-0.15, -0.1) is 0 Å². The molecule has 0 heterocycles. The minimum atomic E-state index is 0.506. The molecule has 0 saturated heterocycles. The molecule has 0 N–H and O–H groups in total. The fraction of sp³-hybridized carbons (Fsp3) is 1.00. The molecule has 2 rings (SSSR count). The molecule has 4 atom stereocenters. The van der Waals surface area contributed by atoms with E-state index in [1.54, 1.807) is 12.8 Å². The molecule has 0 aliphatic heterocycles. The summed E-state index contributed by atoms with van der Waals surface area (Å²) in [5.41, 5.74) is 0.506. The van der Waals surface area contributed by atoms with Gasteiger partial charge < -0.3 is 0 Å². The van der Waals surface area contributed by atoms with Gasteiger partial charge in [0.2, 0.25) is 0 Å². The van der Waals surface area contributed by atoms with E-state index < -0.39 is 0 Å². The molecule has 0 amide bonds. The molecule has 4 unspecified atom stereocenters. The first-order valence-electron chi connectivity index (χ1n) is 7.48. The summed E-state index contributed by atoms with van der Waals surface area (Å²) in [6, 6.07) is 0. The average Bonchev–Trinajstić information content (AvgIpc) is 2.26. The van der Waals surface area contributed by atoms with Crippen molar-refractivity contribution in [2.75, 3.05) is 0 Å². The fourth-order valence-electron chi connectivity index (χ4n) is 4.07. The highest BCUT2D eigenvalue weighted by Gasteiger charge is 2.37. The summed E-state index contributed by atoms with van der Waals surface area (Å²) in [4.78, 5) is 0. The van der Waals surface area contributed by atoms with E-state index in [9.17, 15) is 0 Å². The lowest BCUT2D eigenvalue weighted by Crippen LogP contribution is -2.34. The van der Waals surface area contributed by atoms with Gasteiger partial charge in [0.1, 0.15) is 0 Å². The van der Waals surface area contributed by atoms with Crippen LogP contribution >= 0.6 is 0 Å². The van der Waals surface area contributed by atoms with Crippen LogP contribution in [0.2, 0.25) is 0 Å². The molecule has 2 fully saturated rings. The molecule has 0 spiro atoms. The highest BCUT2D eigenvalue weighted by molar-refractivity contribution is 4.87. The quantitative estimate of drug-likeness (QED) is 0.566. The zero-order chi connectivity index (χ0) is 11.8. The smallest absolute Gasteiger partial charge is 0.0354 e. The molecule has 2 aliphatic carbocycles. The van der Waals surface area contributed by atoms with E-state index in [4.69, 9.17) is 0 Å². The van der Waals surface area contributed by atoms with Gasteiger partial charge in [-0.25, -0.2) is 0 Å². The summed E-state index contributed by atoms with van der Waals surface area (Å²) in [6.45, 7) is 9.76. The first kappa shape index (κ1) is 12.5. The predicted octanol–water partition coefficient (Wildman–Crippen LogP) is 5.28. The van der Waals surface area contributed by atoms with Crippen molar-refractivity contribution in [1.82, 2.24) is 0 Å². The first-order valence-corrected chi connectivity index (χ1v) is 7.48. The average molecular weight is 222 g/mol. The number of rotatable bonds is 1. The summed E-state index contributed by atoms with van der Waals surface area (Å²) in [5.74, 6) is 4.11. The molecule has 0 nitrogen and oxygen atoms in total. The molecule has 0 aromatic carbocycles. The van der Waals surface area contributed by atoms with Crippen LogP contribution in [0, 0.1) is 29.1 Å². The van der Waals surface area contributed by atoms with Gasteiger partial charge in [0.15, 0.2) is 0 Å². The van der Waals surface area contributed by atoms with Gasteiger partial charge in [-0.05, 0) is 48.3 Å². The number of hydrogen-bond donors (Lipinski definition) is 0. The van der Waals surface area contributed by atoms with Crippen molar-refractivity contribution in [3.63, 3.8) is 0 Å². The van der Waals surface area contributed by atoms with Crippen molar-refractivity contribution in [2.45, 2.75) is 72.6 Å². The largest absolute Gasteiger partial charge is 0.0617 e. The lowest BCUT2D eigenvalue weighted by atomic mass is 9.61. The minimum Gasteiger partial charge on any atom is -0.0617 e. The van der Waals surface area contributed by atoms with Gasteiger partial charge in [0.05, 0.1) is 0 Å². The van der Waals surface area contributed by atoms with Gasteiger partial charge in [0, 0.05) is 0 Å². The Morgan fingerprint density at radius 2 is 1.50 bits per heavy atom. The Morgan fingerprint density at radius 1 is 0.875 bits per heavy atom. The van der Waals surface area contributed by atoms with E-state index >= 15 is 0 Å². The van der Waals surface area contributed by atoms with Crippen LogP contribution in [0.15, 0.2) is 0 Å². The van der Waals surface area contributed by atoms with E-state index in [0.29, 0.717) is 5.41 Å². The zero-order valence-electron chi connectivity index (χ0n) is 11.8. The Kier molecular flexibility index (Phi) is 3.66. The van der Waals surface area contributed by atoms with Gasteiger partial charge in [0.25, 0.3) is 0 Å². The van der Waals surface area contributed by atoms with Crippen molar-refractivity contribution < 1.29 is 0 Å². The summed E-state index contributed by atoms with van der Waals surface area (Å²) in [5, 5.41) is 0. The van der Waals surface area contributed by atoms with E-state index in [2.05, 4.69) is 27.7 Å². The Morgan fingerprint density at radius 3 is 2.12 bits per heavy atom. The second-order valence-electron chi connectivity index (χ2n) is 7.53. The monoisotopic (exact) mass is 222 g/mol. The molecule has 0 aromatic rings. The van der Waals surface area contributed by atoms with Crippen LogP contribution in [-0.2, 0) is 0 Å². The van der Waals surface area contributed by atoms with Crippen molar-refractivity contribution in [3.8, 4) is 0 Å². The van der Waals surface area contributed by atoms with Crippen LogP contribution in [0.5, 0.6) is 0 Å². The Labute approximate surface area is 102 Å². The van der Waals surface area contributed by atoms with Gasteiger partial charge in [-0.3, -0.25) is 0 Å². The topological polar surface area (TPSA) is 0 Å². The molecule has 2 aliphatic rings. The predicted molar refractivity (Wildman–Crippen MR) is 71.4 cm³/mol. The third-order valence-electron chi connectivity index (χ3n) is 5.65. The normalized spacial score (nSPS) is 37.9. The Hall–Kier alpha value is 0. The van der Waals surface area contributed by atoms with E-state index in [1.165, 1.54) is 32.1 Å². The maximum Gasteiger partial charge on any atom is -0.0354 e. The van der Waals surface area contributed by atoms with Gasteiger partial charge >= 0.3 is 0 Å². The van der Waals surface area contributed by atoms with E-state index in [-0.39, 0.29) is 0 Å². The van der Waals surface area contributed by atoms with Crippen LogP contribution in [-0.4, -0.2) is 0 Å². The third kappa shape index (κ3) is 2.63. The van der Waals surface area contributed by atoms with Gasteiger partial charge in [-0.2, -0.15) is 0 Å². The number of hydrogen-bond acceptors (Lipinski definition) is 0. The van der Waals surface area contributed by atoms with Gasteiger partial charge in [-0.1, -0.05) is 53.4 Å². The lowest BCUT2D eigenvalue weighted by Gasteiger charge is -2.44. The Balaban J connectivity index is 1.94. The zero-order valence-corrected chi connectivity index (χ0v) is 11.8. The molecule has 0 aromatic heterocycles. The molecular formula is C16H30. The molecule has 2 saturated carbocycles. The van der Waals surface area contributed by atoms with Crippen LogP contribution in [0.25, 0.3) is 0 Å².